The summed E-state index contributed by atoms with van der Waals surface area (Å²) in [4.78, 5) is 23.7. The highest BCUT2D eigenvalue weighted by Gasteiger charge is 2.12. The molecule has 2 aromatic rings. The fraction of sp³-hybridized carbons (Fsp3) is 0.222. The van der Waals surface area contributed by atoms with Crippen LogP contribution in [0.1, 0.15) is 15.9 Å². The van der Waals surface area contributed by atoms with Crippen LogP contribution >= 0.6 is 0 Å². The molecule has 0 aliphatic carbocycles. The zero-order chi connectivity index (χ0) is 18.1. The SMILES string of the molecule is COCOc1cc(NC(=O)OCc2ccccc2)cc(C(=O)OC)c1. The van der Waals surface area contributed by atoms with E-state index in [1.54, 1.807) is 6.07 Å². The quantitative estimate of drug-likeness (QED) is 0.613. The van der Waals surface area contributed by atoms with Crippen molar-refractivity contribution in [1.82, 2.24) is 0 Å². The molecule has 0 heterocycles. The number of carbonyl (C=O) groups excluding carboxylic acids is 2. The molecule has 25 heavy (non-hydrogen) atoms. The van der Waals surface area contributed by atoms with Crippen molar-refractivity contribution in [2.24, 2.45) is 0 Å². The molecule has 7 nitrogen and oxygen atoms in total. The van der Waals surface area contributed by atoms with E-state index >= 15 is 0 Å². The summed E-state index contributed by atoms with van der Waals surface area (Å²) < 4.78 is 20.0. The maximum absolute atomic E-state index is 11.9. The van der Waals surface area contributed by atoms with Crippen LogP contribution in [0.2, 0.25) is 0 Å². The zero-order valence-electron chi connectivity index (χ0n) is 14.0. The third-order valence-corrected chi connectivity index (χ3v) is 3.13. The number of nitrogens with one attached hydrogen (secondary N) is 1. The fourth-order valence-corrected chi connectivity index (χ4v) is 1.99. The molecule has 132 valence electrons. The average Bonchev–Trinajstić information content (AvgIpc) is 2.64. The highest BCUT2D eigenvalue weighted by Crippen LogP contribution is 2.22. The van der Waals surface area contributed by atoms with Crippen LogP contribution in [0.25, 0.3) is 0 Å². The van der Waals surface area contributed by atoms with Gasteiger partial charge in [-0.1, -0.05) is 30.3 Å². The number of amides is 1. The van der Waals surface area contributed by atoms with Crippen LogP contribution in [0.5, 0.6) is 5.75 Å². The van der Waals surface area contributed by atoms with Gasteiger partial charge in [0.2, 0.25) is 0 Å². The summed E-state index contributed by atoms with van der Waals surface area (Å²) in [6.07, 6.45) is -0.649. The van der Waals surface area contributed by atoms with Crippen molar-refractivity contribution in [1.29, 1.82) is 0 Å². The van der Waals surface area contributed by atoms with Crippen LogP contribution in [0, 0.1) is 0 Å². The van der Waals surface area contributed by atoms with Gasteiger partial charge in [-0.2, -0.15) is 0 Å². The van der Waals surface area contributed by atoms with Crippen LogP contribution in [-0.2, 0) is 20.8 Å². The first-order valence-electron chi connectivity index (χ1n) is 7.45. The van der Waals surface area contributed by atoms with Crippen LogP contribution < -0.4 is 10.1 Å². The molecule has 0 fully saturated rings. The molecular weight excluding hydrogens is 326 g/mol. The van der Waals surface area contributed by atoms with Gasteiger partial charge in [-0.3, -0.25) is 5.32 Å². The smallest absolute Gasteiger partial charge is 0.411 e. The Kier molecular flexibility index (Phi) is 6.79. The molecular formula is C18H19NO6. The van der Waals surface area contributed by atoms with E-state index in [-0.39, 0.29) is 19.0 Å². The Hall–Kier alpha value is -3.06. The van der Waals surface area contributed by atoms with E-state index in [2.05, 4.69) is 5.32 Å². The Balaban J connectivity index is 2.05. The monoisotopic (exact) mass is 345 g/mol. The molecule has 0 aromatic heterocycles. The molecule has 7 heteroatoms. The lowest BCUT2D eigenvalue weighted by molar-refractivity contribution is 0.0504. The summed E-state index contributed by atoms with van der Waals surface area (Å²) in [5.41, 5.74) is 1.44. The number of methoxy groups -OCH3 is 2. The number of rotatable bonds is 7. The van der Waals surface area contributed by atoms with Crippen molar-refractivity contribution >= 4 is 17.7 Å². The predicted octanol–water partition coefficient (Wildman–Crippen LogP) is 3.20. The first-order valence-corrected chi connectivity index (χ1v) is 7.45. The minimum absolute atomic E-state index is 0.00250. The third kappa shape index (κ3) is 5.82. The summed E-state index contributed by atoms with van der Waals surface area (Å²) in [5.74, 6) is -0.202. The zero-order valence-corrected chi connectivity index (χ0v) is 14.0. The van der Waals surface area contributed by atoms with Gasteiger partial charge in [-0.05, 0) is 17.7 Å². The van der Waals surface area contributed by atoms with Crippen molar-refractivity contribution < 1.29 is 28.5 Å². The largest absolute Gasteiger partial charge is 0.467 e. The number of benzene rings is 2. The Labute approximate surface area is 145 Å². The Morgan fingerprint density at radius 1 is 1.04 bits per heavy atom. The standard InChI is InChI=1S/C18H19NO6/c1-22-12-25-16-9-14(17(20)23-2)8-15(10-16)19-18(21)24-11-13-6-4-3-5-7-13/h3-10H,11-12H2,1-2H3,(H,19,21). The van der Waals surface area contributed by atoms with E-state index in [4.69, 9.17) is 18.9 Å². The lowest BCUT2D eigenvalue weighted by Gasteiger charge is -2.11. The third-order valence-electron chi connectivity index (χ3n) is 3.13. The molecule has 0 spiro atoms. The second-order valence-electron chi connectivity index (χ2n) is 4.98. The van der Waals surface area contributed by atoms with Gasteiger partial charge in [0, 0.05) is 18.9 Å². The van der Waals surface area contributed by atoms with E-state index in [0.29, 0.717) is 11.4 Å². The lowest BCUT2D eigenvalue weighted by Crippen LogP contribution is -2.14. The number of anilines is 1. The highest BCUT2D eigenvalue weighted by atomic mass is 16.7. The van der Waals surface area contributed by atoms with Gasteiger partial charge in [0.05, 0.1) is 12.7 Å². The second kappa shape index (κ2) is 9.29. The van der Waals surface area contributed by atoms with Crippen molar-refractivity contribution in [3.8, 4) is 5.75 Å². The minimum atomic E-state index is -0.649. The van der Waals surface area contributed by atoms with Crippen LogP contribution in [0.15, 0.2) is 48.5 Å². The van der Waals surface area contributed by atoms with E-state index in [1.165, 1.54) is 26.4 Å². The van der Waals surface area contributed by atoms with E-state index < -0.39 is 12.1 Å². The second-order valence-corrected chi connectivity index (χ2v) is 4.98. The summed E-state index contributed by atoms with van der Waals surface area (Å²) >= 11 is 0. The van der Waals surface area contributed by atoms with Gasteiger partial charge in [-0.15, -0.1) is 0 Å². The van der Waals surface area contributed by atoms with Crippen molar-refractivity contribution in [2.45, 2.75) is 6.61 Å². The minimum Gasteiger partial charge on any atom is -0.467 e. The first-order chi connectivity index (χ1) is 12.1. The maximum atomic E-state index is 11.9. The number of ether oxygens (including phenoxy) is 4. The molecule has 1 N–H and O–H groups in total. The highest BCUT2D eigenvalue weighted by molar-refractivity contribution is 5.93. The first kappa shape index (κ1) is 18.3. The van der Waals surface area contributed by atoms with Crippen LogP contribution in [0.4, 0.5) is 10.5 Å². The van der Waals surface area contributed by atoms with Gasteiger partial charge in [0.15, 0.2) is 6.79 Å². The van der Waals surface area contributed by atoms with Crippen molar-refractivity contribution in [3.05, 3.63) is 59.7 Å². The fourth-order valence-electron chi connectivity index (χ4n) is 1.99. The maximum Gasteiger partial charge on any atom is 0.411 e. The molecule has 0 unspecified atom stereocenters. The Morgan fingerprint density at radius 3 is 2.48 bits per heavy atom. The summed E-state index contributed by atoms with van der Waals surface area (Å²) in [7, 11) is 2.75. The van der Waals surface area contributed by atoms with E-state index in [9.17, 15) is 9.59 Å². The topological polar surface area (TPSA) is 83.1 Å². The molecule has 2 aromatic carbocycles. The molecule has 0 aliphatic rings. The molecule has 0 radical (unpaired) electrons. The lowest BCUT2D eigenvalue weighted by atomic mass is 10.2. The number of carbonyl (C=O) groups is 2. The van der Waals surface area contributed by atoms with Gasteiger partial charge in [0.1, 0.15) is 12.4 Å². The van der Waals surface area contributed by atoms with E-state index in [0.717, 1.165) is 5.56 Å². The number of esters is 1. The molecule has 0 aliphatic heterocycles. The van der Waals surface area contributed by atoms with Gasteiger partial charge < -0.3 is 18.9 Å². The molecule has 0 atom stereocenters. The van der Waals surface area contributed by atoms with Crippen molar-refractivity contribution in [2.75, 3.05) is 26.3 Å². The average molecular weight is 345 g/mol. The molecule has 0 saturated carbocycles. The van der Waals surface area contributed by atoms with E-state index in [1.807, 2.05) is 30.3 Å². The van der Waals surface area contributed by atoms with Crippen LogP contribution in [0.3, 0.4) is 0 Å². The van der Waals surface area contributed by atoms with Crippen LogP contribution in [-0.4, -0.2) is 33.1 Å². The molecule has 2 rings (SSSR count). The molecule has 0 saturated heterocycles. The summed E-state index contributed by atoms with van der Waals surface area (Å²) in [6, 6.07) is 13.8. The van der Waals surface area contributed by atoms with Gasteiger partial charge in [0.25, 0.3) is 0 Å². The normalized spacial score (nSPS) is 10.0. The molecule has 1 amide bonds. The Morgan fingerprint density at radius 2 is 1.80 bits per heavy atom. The van der Waals surface area contributed by atoms with Gasteiger partial charge >= 0.3 is 12.1 Å². The Bertz CT molecular complexity index is 717. The predicted molar refractivity (Wildman–Crippen MR) is 90.5 cm³/mol. The summed E-state index contributed by atoms with van der Waals surface area (Å²) in [6.45, 7) is 0.138. The molecule has 0 bridgehead atoms. The van der Waals surface area contributed by atoms with Crippen molar-refractivity contribution in [3.63, 3.8) is 0 Å². The number of hydrogen-bond donors (Lipinski definition) is 1. The summed E-state index contributed by atoms with van der Waals surface area (Å²) in [5, 5.41) is 2.56. The van der Waals surface area contributed by atoms with Gasteiger partial charge in [-0.25, -0.2) is 9.59 Å². The number of hydrogen-bond acceptors (Lipinski definition) is 6.